The first-order valence-electron chi connectivity index (χ1n) is 12.0. The zero-order valence-corrected chi connectivity index (χ0v) is 22.0. The molecule has 4 rings (SSSR count). The fourth-order valence-electron chi connectivity index (χ4n) is 4.81. The lowest BCUT2D eigenvalue weighted by Gasteiger charge is -2.25. The predicted octanol–water partition coefficient (Wildman–Crippen LogP) is 2.32. The van der Waals surface area contributed by atoms with Gasteiger partial charge in [-0.05, 0) is 67.3 Å². The molecule has 1 fully saturated rings. The van der Waals surface area contributed by atoms with Gasteiger partial charge >= 0.3 is 0 Å². The monoisotopic (exact) mass is 525 g/mol. The van der Waals surface area contributed by atoms with Gasteiger partial charge in [0.05, 0.1) is 18.5 Å². The Labute approximate surface area is 221 Å². The van der Waals surface area contributed by atoms with E-state index in [4.69, 9.17) is 11.6 Å². The molecule has 2 aromatic carbocycles. The zero-order chi connectivity index (χ0) is 26.0. The molecule has 0 aliphatic carbocycles. The average molecular weight is 526 g/mol. The minimum absolute atomic E-state index is 0.0456. The summed E-state index contributed by atoms with van der Waals surface area (Å²) in [6.07, 6.45) is 1.41. The van der Waals surface area contributed by atoms with Gasteiger partial charge in [0, 0.05) is 39.9 Å². The molecule has 3 aromatic rings. The number of nitrogens with zero attached hydrogens (tertiary/aromatic N) is 2. The normalized spacial score (nSPS) is 16.3. The van der Waals surface area contributed by atoms with Crippen molar-refractivity contribution in [2.45, 2.75) is 44.8 Å². The molecule has 36 heavy (non-hydrogen) atoms. The van der Waals surface area contributed by atoms with Crippen LogP contribution in [0.3, 0.4) is 0 Å². The van der Waals surface area contributed by atoms with Crippen molar-refractivity contribution in [3.63, 3.8) is 0 Å². The van der Waals surface area contributed by atoms with Crippen molar-refractivity contribution in [2.75, 3.05) is 12.3 Å². The Morgan fingerprint density at radius 2 is 1.94 bits per heavy atom. The van der Waals surface area contributed by atoms with Crippen molar-refractivity contribution in [1.29, 1.82) is 0 Å². The van der Waals surface area contributed by atoms with Gasteiger partial charge in [0.25, 0.3) is 5.91 Å². The van der Waals surface area contributed by atoms with E-state index in [1.54, 1.807) is 45.9 Å². The number of amides is 2. The molecule has 1 aliphatic heterocycles. The summed E-state index contributed by atoms with van der Waals surface area (Å²) in [5, 5.41) is 13.9. The van der Waals surface area contributed by atoms with Crippen molar-refractivity contribution in [1.82, 2.24) is 14.8 Å². The van der Waals surface area contributed by atoms with Crippen LogP contribution < -0.4 is 5.32 Å². The number of carbonyl (C=O) groups is 3. The highest BCUT2D eigenvalue weighted by Crippen LogP contribution is 2.30. The SMILES string of the molecule is BC(CS)NC(=O)C1CCCN1C(=O)Cc1c(C)n(C(=O)c2ccc(Cl)cc2)c2ccc(CO)cc12. The number of fused-ring (bicyclic) bond motifs is 1. The minimum Gasteiger partial charge on any atom is -0.392 e. The third-order valence-electron chi connectivity index (χ3n) is 6.74. The highest BCUT2D eigenvalue weighted by molar-refractivity contribution is 7.80. The molecule has 2 unspecified atom stereocenters. The molecule has 1 aromatic heterocycles. The third-order valence-corrected chi connectivity index (χ3v) is 7.54. The molecule has 1 aliphatic rings. The van der Waals surface area contributed by atoms with Gasteiger partial charge in [-0.25, -0.2) is 0 Å². The number of halogens is 1. The quantitative estimate of drug-likeness (QED) is 0.326. The summed E-state index contributed by atoms with van der Waals surface area (Å²) in [7, 11) is 1.88. The lowest BCUT2D eigenvalue weighted by atomic mass is 9.98. The number of nitrogens with one attached hydrogen (secondary N) is 1. The van der Waals surface area contributed by atoms with Gasteiger partial charge < -0.3 is 15.3 Å². The largest absolute Gasteiger partial charge is 0.392 e. The number of rotatable bonds is 7. The van der Waals surface area contributed by atoms with Gasteiger partial charge in [-0.15, -0.1) is 0 Å². The second-order valence-electron chi connectivity index (χ2n) is 9.24. The average Bonchev–Trinajstić information content (AvgIpc) is 3.47. The van der Waals surface area contributed by atoms with Crippen molar-refractivity contribution >= 4 is 60.7 Å². The molecule has 7 nitrogen and oxygen atoms in total. The number of aliphatic hydroxyl groups is 1. The van der Waals surface area contributed by atoms with E-state index in [0.717, 1.165) is 11.8 Å². The van der Waals surface area contributed by atoms with Crippen LogP contribution in [0.2, 0.25) is 5.02 Å². The summed E-state index contributed by atoms with van der Waals surface area (Å²) in [5.74, 6) is -0.137. The lowest BCUT2D eigenvalue weighted by molar-refractivity contribution is -0.138. The topological polar surface area (TPSA) is 91.6 Å². The summed E-state index contributed by atoms with van der Waals surface area (Å²) >= 11 is 10.2. The van der Waals surface area contributed by atoms with Crippen molar-refractivity contribution < 1.29 is 19.5 Å². The maximum Gasteiger partial charge on any atom is 0.262 e. The van der Waals surface area contributed by atoms with Gasteiger partial charge in [0.15, 0.2) is 0 Å². The molecule has 0 spiro atoms. The molecule has 0 bridgehead atoms. The standard InChI is InChI=1S/C26H29BClN3O4S/c1-15-19(12-24(33)30-10-2-3-22(30)25(34)29-23(27)14-36)20-11-16(13-32)4-9-21(20)31(15)26(35)17-5-7-18(28)8-6-17/h4-9,11,22-23,32,36H,2-3,10,12-14,27H2,1H3,(H,29,34). The van der Waals surface area contributed by atoms with Crippen LogP contribution in [0, 0.1) is 6.92 Å². The molecule has 0 radical (unpaired) electrons. The van der Waals surface area contributed by atoms with Crippen molar-refractivity contribution in [2.24, 2.45) is 0 Å². The summed E-state index contributed by atoms with van der Waals surface area (Å²) in [4.78, 5) is 41.4. The second kappa shape index (κ2) is 11.1. The van der Waals surface area contributed by atoms with Gasteiger partial charge in [0.1, 0.15) is 13.9 Å². The van der Waals surface area contributed by atoms with Crippen LogP contribution in [-0.2, 0) is 22.6 Å². The molecule has 2 N–H and O–H groups in total. The number of aliphatic hydroxyl groups excluding tert-OH is 1. The van der Waals surface area contributed by atoms with E-state index in [9.17, 15) is 19.5 Å². The van der Waals surface area contributed by atoms with E-state index in [1.807, 2.05) is 20.8 Å². The number of likely N-dealkylation sites (tertiary alicyclic amines) is 1. The van der Waals surface area contributed by atoms with Crippen LogP contribution >= 0.6 is 24.2 Å². The number of carbonyl (C=O) groups excluding carboxylic acids is 3. The highest BCUT2D eigenvalue weighted by Gasteiger charge is 2.35. The molecule has 2 heterocycles. The number of hydrogen-bond acceptors (Lipinski definition) is 5. The number of benzene rings is 2. The Morgan fingerprint density at radius 1 is 1.22 bits per heavy atom. The number of hydrogen-bond donors (Lipinski definition) is 3. The Hall–Kier alpha value is -2.75. The van der Waals surface area contributed by atoms with E-state index in [-0.39, 0.29) is 36.7 Å². The molecular formula is C26H29BClN3O4S. The van der Waals surface area contributed by atoms with Crippen LogP contribution in [0.25, 0.3) is 10.9 Å². The fourth-order valence-corrected chi connectivity index (χ4v) is 5.03. The first-order valence-corrected chi connectivity index (χ1v) is 13.0. The fraction of sp³-hybridized carbons (Fsp3) is 0.346. The summed E-state index contributed by atoms with van der Waals surface area (Å²) < 4.78 is 1.60. The van der Waals surface area contributed by atoms with E-state index < -0.39 is 6.04 Å². The first-order chi connectivity index (χ1) is 17.2. The molecule has 2 amide bonds. The lowest BCUT2D eigenvalue weighted by Crippen LogP contribution is -2.49. The Kier molecular flexibility index (Phi) is 8.12. The van der Waals surface area contributed by atoms with Crippen LogP contribution in [0.1, 0.15) is 40.0 Å². The first kappa shape index (κ1) is 26.3. The zero-order valence-electron chi connectivity index (χ0n) is 20.3. The van der Waals surface area contributed by atoms with Crippen LogP contribution in [-0.4, -0.2) is 64.4 Å². The molecule has 1 saturated heterocycles. The smallest absolute Gasteiger partial charge is 0.262 e. The maximum absolute atomic E-state index is 13.5. The molecule has 2 atom stereocenters. The van der Waals surface area contributed by atoms with Crippen LogP contribution in [0.5, 0.6) is 0 Å². The van der Waals surface area contributed by atoms with Gasteiger partial charge in [-0.3, -0.25) is 19.0 Å². The van der Waals surface area contributed by atoms with Crippen molar-refractivity contribution in [3.05, 3.63) is 69.9 Å². The molecule has 0 saturated carbocycles. The number of aromatic nitrogens is 1. The highest BCUT2D eigenvalue weighted by atomic mass is 35.5. The number of thiol groups is 1. The van der Waals surface area contributed by atoms with Gasteiger partial charge in [0.2, 0.25) is 11.8 Å². The Balaban J connectivity index is 1.70. The summed E-state index contributed by atoms with van der Waals surface area (Å²) in [5.41, 5.74) is 3.18. The second-order valence-corrected chi connectivity index (χ2v) is 10.0. The van der Waals surface area contributed by atoms with E-state index in [0.29, 0.717) is 51.6 Å². The molecule has 10 heteroatoms. The predicted molar refractivity (Wildman–Crippen MR) is 147 cm³/mol. The molecular weight excluding hydrogens is 497 g/mol. The van der Waals surface area contributed by atoms with E-state index in [1.165, 1.54) is 0 Å². The third kappa shape index (κ3) is 5.19. The van der Waals surface area contributed by atoms with Gasteiger partial charge in [-0.1, -0.05) is 17.7 Å². The van der Waals surface area contributed by atoms with Crippen LogP contribution in [0.4, 0.5) is 0 Å². The summed E-state index contributed by atoms with van der Waals surface area (Å²) in [6.45, 7) is 2.17. The van der Waals surface area contributed by atoms with Crippen molar-refractivity contribution in [3.8, 4) is 0 Å². The van der Waals surface area contributed by atoms with E-state index in [2.05, 4.69) is 17.9 Å². The maximum atomic E-state index is 13.5. The summed E-state index contributed by atoms with van der Waals surface area (Å²) in [6, 6.07) is 11.5. The van der Waals surface area contributed by atoms with Crippen LogP contribution in [0.15, 0.2) is 42.5 Å². The van der Waals surface area contributed by atoms with Gasteiger partial charge in [-0.2, -0.15) is 12.6 Å². The molecule has 188 valence electrons. The Morgan fingerprint density at radius 3 is 2.61 bits per heavy atom. The minimum atomic E-state index is -0.516. The van der Waals surface area contributed by atoms with E-state index >= 15 is 0 Å². The Bertz CT molecular complexity index is 1310.